The first-order valence-electron chi connectivity index (χ1n) is 5.40. The van der Waals surface area contributed by atoms with Crippen LogP contribution in [-0.4, -0.2) is 36.6 Å². The molecule has 2 aromatic heterocycles. The van der Waals surface area contributed by atoms with Crippen LogP contribution in [0.4, 0.5) is 4.39 Å². The molecule has 0 bridgehead atoms. The lowest BCUT2D eigenvalue weighted by Gasteiger charge is -2.04. The molecule has 6 nitrogen and oxygen atoms in total. The maximum atomic E-state index is 13.8. The largest absolute Gasteiger partial charge is 0.461 e. The molecule has 0 unspecified atom stereocenters. The Bertz CT molecular complexity index is 751. The molecule has 102 valence electrons. The summed E-state index contributed by atoms with van der Waals surface area (Å²) in [6, 6.07) is 3.88. The highest BCUT2D eigenvalue weighted by atomic mass is 32.2. The number of carbonyl (C=O) groups excluding carboxylic acids is 1. The zero-order chi connectivity index (χ0) is 14.2. The molecule has 0 aliphatic rings. The third-order valence-electron chi connectivity index (χ3n) is 2.38. The number of halogens is 1. The van der Waals surface area contributed by atoms with Gasteiger partial charge in [0.1, 0.15) is 5.65 Å². The van der Waals surface area contributed by atoms with Gasteiger partial charge < -0.3 is 4.74 Å². The Morgan fingerprint density at radius 3 is 2.74 bits per heavy atom. The van der Waals surface area contributed by atoms with Crippen LogP contribution in [0.2, 0.25) is 0 Å². The Labute approximate surface area is 108 Å². The standard InChI is InChI=1S/C11H11FN2O4S/c1-3-18-11(15)9-10(19(2,16)17)13-8-6-4-5-7(12)14(8)9/h4-6H,3H2,1-2H3. The Hall–Kier alpha value is -1.96. The van der Waals surface area contributed by atoms with E-state index in [1.807, 2.05) is 0 Å². The molecule has 0 fully saturated rings. The van der Waals surface area contributed by atoms with Crippen molar-refractivity contribution in [1.29, 1.82) is 0 Å². The van der Waals surface area contributed by atoms with Crippen molar-refractivity contribution < 1.29 is 22.3 Å². The molecule has 0 N–H and O–H groups in total. The van der Waals surface area contributed by atoms with Gasteiger partial charge in [-0.15, -0.1) is 0 Å². The number of ether oxygens (including phenoxy) is 1. The van der Waals surface area contributed by atoms with E-state index in [-0.39, 0.29) is 12.3 Å². The maximum Gasteiger partial charge on any atom is 0.358 e. The second-order valence-electron chi connectivity index (χ2n) is 3.80. The van der Waals surface area contributed by atoms with Crippen LogP contribution in [0.1, 0.15) is 17.4 Å². The van der Waals surface area contributed by atoms with Crippen LogP contribution in [0.15, 0.2) is 23.2 Å². The van der Waals surface area contributed by atoms with Gasteiger partial charge in [-0.25, -0.2) is 18.2 Å². The number of hydrogen-bond donors (Lipinski definition) is 0. The highest BCUT2D eigenvalue weighted by Gasteiger charge is 2.28. The van der Waals surface area contributed by atoms with Crippen LogP contribution in [0, 0.1) is 5.95 Å². The summed E-state index contributed by atoms with van der Waals surface area (Å²) in [5, 5.41) is -0.490. The van der Waals surface area contributed by atoms with Crippen LogP contribution >= 0.6 is 0 Å². The van der Waals surface area contributed by atoms with Crippen molar-refractivity contribution in [1.82, 2.24) is 9.38 Å². The first-order valence-corrected chi connectivity index (χ1v) is 7.29. The number of pyridine rings is 1. The first-order chi connectivity index (χ1) is 8.86. The Morgan fingerprint density at radius 2 is 2.16 bits per heavy atom. The van der Waals surface area contributed by atoms with Gasteiger partial charge in [-0.2, -0.15) is 4.39 Å². The highest BCUT2D eigenvalue weighted by molar-refractivity contribution is 7.90. The van der Waals surface area contributed by atoms with Crippen molar-refractivity contribution >= 4 is 21.5 Å². The first kappa shape index (κ1) is 13.5. The molecule has 8 heteroatoms. The van der Waals surface area contributed by atoms with Crippen LogP contribution in [-0.2, 0) is 14.6 Å². The third kappa shape index (κ3) is 2.30. The van der Waals surface area contributed by atoms with E-state index in [2.05, 4.69) is 4.98 Å². The van der Waals surface area contributed by atoms with Crippen molar-refractivity contribution in [3.63, 3.8) is 0 Å². The SMILES string of the molecule is CCOC(=O)c1c(S(C)(=O)=O)nc2cccc(F)n12. The molecule has 2 aromatic rings. The van der Waals surface area contributed by atoms with E-state index in [9.17, 15) is 17.6 Å². The number of aromatic nitrogens is 2. The molecule has 0 aliphatic carbocycles. The fourth-order valence-corrected chi connectivity index (χ4v) is 2.46. The molecule has 0 aromatic carbocycles. The fourth-order valence-electron chi connectivity index (χ4n) is 1.67. The predicted octanol–water partition coefficient (Wildman–Crippen LogP) is 1.05. The second kappa shape index (κ2) is 4.61. The summed E-state index contributed by atoms with van der Waals surface area (Å²) >= 11 is 0. The average Bonchev–Trinajstić information content (AvgIpc) is 2.70. The van der Waals surface area contributed by atoms with E-state index < -0.39 is 32.5 Å². The quantitative estimate of drug-likeness (QED) is 0.622. The van der Waals surface area contributed by atoms with Crippen LogP contribution in [0.25, 0.3) is 5.65 Å². The molecule has 0 saturated heterocycles. The normalized spacial score (nSPS) is 11.7. The summed E-state index contributed by atoms with van der Waals surface area (Å²) < 4.78 is 42.6. The van der Waals surface area contributed by atoms with E-state index in [0.29, 0.717) is 0 Å². The molecule has 0 amide bonds. The van der Waals surface area contributed by atoms with Crippen LogP contribution < -0.4 is 0 Å². The summed E-state index contributed by atoms with van der Waals surface area (Å²) in [6.07, 6.45) is 0.898. The van der Waals surface area contributed by atoms with E-state index in [0.717, 1.165) is 16.7 Å². The second-order valence-corrected chi connectivity index (χ2v) is 5.73. The van der Waals surface area contributed by atoms with Gasteiger partial charge in [0.25, 0.3) is 0 Å². The van der Waals surface area contributed by atoms with Gasteiger partial charge in [0.2, 0.25) is 0 Å². The van der Waals surface area contributed by atoms with E-state index in [4.69, 9.17) is 4.74 Å². The van der Waals surface area contributed by atoms with Crippen molar-refractivity contribution in [3.8, 4) is 0 Å². The Kier molecular flexibility index (Phi) is 3.27. The van der Waals surface area contributed by atoms with Crippen LogP contribution in [0.5, 0.6) is 0 Å². The maximum absolute atomic E-state index is 13.8. The van der Waals surface area contributed by atoms with Gasteiger partial charge in [0, 0.05) is 6.26 Å². The predicted molar refractivity (Wildman–Crippen MR) is 64.2 cm³/mol. The fraction of sp³-hybridized carbons (Fsp3) is 0.273. The lowest BCUT2D eigenvalue weighted by molar-refractivity contribution is 0.0511. The highest BCUT2D eigenvalue weighted by Crippen LogP contribution is 2.20. The van der Waals surface area contributed by atoms with Crippen molar-refractivity contribution in [2.45, 2.75) is 11.9 Å². The van der Waals surface area contributed by atoms with E-state index in [1.54, 1.807) is 6.92 Å². The van der Waals surface area contributed by atoms with Gasteiger partial charge in [0.05, 0.1) is 6.61 Å². The lowest BCUT2D eigenvalue weighted by Crippen LogP contribution is -2.14. The molecule has 0 radical (unpaired) electrons. The summed E-state index contributed by atoms with van der Waals surface area (Å²) in [6.45, 7) is 1.61. The van der Waals surface area contributed by atoms with Crippen molar-refractivity contribution in [2.75, 3.05) is 12.9 Å². The third-order valence-corrected chi connectivity index (χ3v) is 3.37. The van der Waals surface area contributed by atoms with Gasteiger partial charge in [-0.05, 0) is 19.1 Å². The minimum Gasteiger partial charge on any atom is -0.461 e. The minimum atomic E-state index is -3.77. The molecular formula is C11H11FN2O4S. The number of nitrogens with zero attached hydrogens (tertiary/aromatic N) is 2. The van der Waals surface area contributed by atoms with Gasteiger partial charge in [0.15, 0.2) is 26.5 Å². The molecule has 0 atom stereocenters. The van der Waals surface area contributed by atoms with Gasteiger partial charge in [-0.1, -0.05) is 6.07 Å². The number of esters is 1. The van der Waals surface area contributed by atoms with E-state index >= 15 is 0 Å². The number of imidazole rings is 1. The zero-order valence-corrected chi connectivity index (χ0v) is 11.1. The molecule has 19 heavy (non-hydrogen) atoms. The molecule has 0 spiro atoms. The number of hydrogen-bond acceptors (Lipinski definition) is 5. The van der Waals surface area contributed by atoms with Crippen molar-refractivity contribution in [2.24, 2.45) is 0 Å². The number of carbonyl (C=O) groups is 1. The lowest BCUT2D eigenvalue weighted by atomic mass is 10.4. The Morgan fingerprint density at radius 1 is 1.47 bits per heavy atom. The summed E-state index contributed by atoms with van der Waals surface area (Å²) in [5.74, 6) is -1.72. The number of rotatable bonds is 3. The molecule has 0 saturated carbocycles. The number of sulfone groups is 1. The molecule has 2 heterocycles. The topological polar surface area (TPSA) is 77.7 Å². The smallest absolute Gasteiger partial charge is 0.358 e. The van der Waals surface area contributed by atoms with E-state index in [1.165, 1.54) is 12.1 Å². The van der Waals surface area contributed by atoms with Gasteiger partial charge in [-0.3, -0.25) is 4.40 Å². The average molecular weight is 286 g/mol. The molecule has 2 rings (SSSR count). The minimum absolute atomic E-state index is 0.0310. The molecule has 0 aliphatic heterocycles. The summed E-state index contributed by atoms with van der Waals surface area (Å²) in [7, 11) is -3.77. The number of fused-ring (bicyclic) bond motifs is 1. The zero-order valence-electron chi connectivity index (χ0n) is 10.3. The van der Waals surface area contributed by atoms with Crippen LogP contribution in [0.3, 0.4) is 0 Å². The molecular weight excluding hydrogens is 275 g/mol. The monoisotopic (exact) mass is 286 g/mol. The van der Waals surface area contributed by atoms with Crippen molar-refractivity contribution in [3.05, 3.63) is 29.8 Å². The summed E-state index contributed by atoms with van der Waals surface area (Å²) in [4.78, 5) is 15.6. The van der Waals surface area contributed by atoms with Gasteiger partial charge >= 0.3 is 5.97 Å². The Balaban J connectivity index is 2.86. The summed E-state index contributed by atoms with van der Waals surface area (Å²) in [5.41, 5.74) is -0.388.